The molecule has 1 amide bonds. The highest BCUT2D eigenvalue weighted by atomic mass is 16.5. The van der Waals surface area contributed by atoms with Crippen molar-refractivity contribution in [1.29, 1.82) is 0 Å². The molecular weight excluding hydrogens is 326 g/mol. The lowest BCUT2D eigenvalue weighted by Gasteiger charge is -2.39. The van der Waals surface area contributed by atoms with Gasteiger partial charge >= 0.3 is 0 Å². The van der Waals surface area contributed by atoms with E-state index in [1.54, 1.807) is 0 Å². The molecule has 2 aliphatic rings. The van der Waals surface area contributed by atoms with Crippen LogP contribution >= 0.6 is 0 Å². The summed E-state index contributed by atoms with van der Waals surface area (Å²) in [6.07, 6.45) is 9.99. The third-order valence-electron chi connectivity index (χ3n) is 5.99. The van der Waals surface area contributed by atoms with Crippen molar-refractivity contribution in [2.24, 2.45) is 5.92 Å². The first kappa shape index (κ1) is 19.3. The lowest BCUT2D eigenvalue weighted by Crippen LogP contribution is -2.44. The Morgan fingerprint density at radius 1 is 1.42 bits per heavy atom. The molecule has 0 unspecified atom stereocenters. The molecule has 2 aliphatic heterocycles. The number of aromatic nitrogens is 1. The molecule has 0 saturated carbocycles. The summed E-state index contributed by atoms with van der Waals surface area (Å²) < 4.78 is 6.42. The van der Waals surface area contributed by atoms with Crippen LogP contribution in [0.2, 0.25) is 0 Å². The number of likely N-dealkylation sites (tertiary alicyclic amines) is 1. The van der Waals surface area contributed by atoms with Crippen LogP contribution in [0.15, 0.2) is 24.5 Å². The maximum Gasteiger partial charge on any atom is 0.220 e. The number of nitrogens with one attached hydrogen (secondary N) is 1. The van der Waals surface area contributed by atoms with E-state index >= 15 is 0 Å². The van der Waals surface area contributed by atoms with Crippen molar-refractivity contribution in [2.75, 3.05) is 19.6 Å². The maximum absolute atomic E-state index is 12.0. The molecule has 1 aromatic heterocycles. The molecule has 1 N–H and O–H groups in total. The van der Waals surface area contributed by atoms with Crippen molar-refractivity contribution in [3.8, 4) is 0 Å². The standard InChI is InChI=1S/C21H33N3O2/c1-3-17(2)13-20(25)23-15-19-6-7-21(26-19)8-11-24(12-9-21)16-18-5-4-10-22-14-18/h4-5,10,14,17,19H,3,6-9,11-13,15-16H2,1-2H3,(H,23,25)/t17-,19+/m1/s1. The minimum atomic E-state index is 0.0392. The van der Waals surface area contributed by atoms with E-state index in [9.17, 15) is 4.79 Å². The van der Waals surface area contributed by atoms with Crippen molar-refractivity contribution in [1.82, 2.24) is 15.2 Å². The van der Waals surface area contributed by atoms with Gasteiger partial charge in [0, 0.05) is 45.0 Å². The smallest absolute Gasteiger partial charge is 0.220 e. The van der Waals surface area contributed by atoms with Gasteiger partial charge in [0.25, 0.3) is 0 Å². The number of pyridine rings is 1. The third kappa shape index (κ3) is 5.27. The fourth-order valence-corrected chi connectivity index (χ4v) is 4.04. The number of amides is 1. The average Bonchev–Trinajstić information content (AvgIpc) is 3.06. The lowest BCUT2D eigenvalue weighted by molar-refractivity contribution is -0.123. The largest absolute Gasteiger partial charge is 0.370 e. The number of piperidine rings is 1. The highest BCUT2D eigenvalue weighted by molar-refractivity contribution is 5.76. The number of rotatable bonds is 7. The second-order valence-corrected chi connectivity index (χ2v) is 8.12. The van der Waals surface area contributed by atoms with E-state index in [1.165, 1.54) is 5.56 Å². The van der Waals surface area contributed by atoms with Crippen LogP contribution in [-0.2, 0) is 16.1 Å². The van der Waals surface area contributed by atoms with Crippen LogP contribution in [0.5, 0.6) is 0 Å². The zero-order valence-corrected chi connectivity index (χ0v) is 16.2. The normalized spacial score (nSPS) is 23.8. The number of carbonyl (C=O) groups excluding carboxylic acids is 1. The summed E-state index contributed by atoms with van der Waals surface area (Å²) in [6, 6.07) is 4.14. The topological polar surface area (TPSA) is 54.5 Å². The molecule has 5 heteroatoms. The predicted octanol–water partition coefficient (Wildman–Crippen LogP) is 3.15. The Morgan fingerprint density at radius 2 is 2.23 bits per heavy atom. The summed E-state index contributed by atoms with van der Waals surface area (Å²) in [5.74, 6) is 0.616. The molecule has 0 aliphatic carbocycles. The Bertz CT molecular complexity index is 570. The fourth-order valence-electron chi connectivity index (χ4n) is 4.04. The highest BCUT2D eigenvalue weighted by Crippen LogP contribution is 2.39. The minimum absolute atomic E-state index is 0.0392. The van der Waals surface area contributed by atoms with E-state index in [-0.39, 0.29) is 17.6 Å². The minimum Gasteiger partial charge on any atom is -0.370 e. The van der Waals surface area contributed by atoms with Gasteiger partial charge in [-0.05, 0) is 43.2 Å². The molecule has 5 nitrogen and oxygen atoms in total. The van der Waals surface area contributed by atoms with Crippen LogP contribution in [0, 0.1) is 5.92 Å². The molecule has 3 heterocycles. The number of nitrogens with zero attached hydrogens (tertiary/aromatic N) is 2. The first-order chi connectivity index (χ1) is 12.6. The Labute approximate surface area is 157 Å². The van der Waals surface area contributed by atoms with Gasteiger partial charge in [0.2, 0.25) is 5.91 Å². The van der Waals surface area contributed by atoms with Gasteiger partial charge in [-0.3, -0.25) is 14.7 Å². The van der Waals surface area contributed by atoms with Gasteiger partial charge in [-0.2, -0.15) is 0 Å². The summed E-state index contributed by atoms with van der Waals surface area (Å²) >= 11 is 0. The summed E-state index contributed by atoms with van der Waals surface area (Å²) in [7, 11) is 0. The zero-order chi connectivity index (χ0) is 18.4. The van der Waals surface area contributed by atoms with E-state index in [2.05, 4.69) is 35.1 Å². The van der Waals surface area contributed by atoms with Gasteiger partial charge in [0.05, 0.1) is 11.7 Å². The Morgan fingerprint density at radius 3 is 2.92 bits per heavy atom. The van der Waals surface area contributed by atoms with Crippen LogP contribution in [-0.4, -0.2) is 47.1 Å². The third-order valence-corrected chi connectivity index (χ3v) is 5.99. The molecule has 2 atom stereocenters. The molecule has 2 saturated heterocycles. The van der Waals surface area contributed by atoms with Crippen LogP contribution in [0.1, 0.15) is 57.9 Å². The van der Waals surface area contributed by atoms with Crippen LogP contribution in [0.3, 0.4) is 0 Å². The van der Waals surface area contributed by atoms with Crippen molar-refractivity contribution in [3.63, 3.8) is 0 Å². The summed E-state index contributed by atoms with van der Waals surface area (Å²) in [5, 5.41) is 3.07. The van der Waals surface area contributed by atoms with E-state index < -0.39 is 0 Å². The van der Waals surface area contributed by atoms with Gasteiger partial charge in [-0.25, -0.2) is 0 Å². The quantitative estimate of drug-likeness (QED) is 0.812. The molecule has 0 aromatic carbocycles. The fraction of sp³-hybridized carbons (Fsp3) is 0.714. The SMILES string of the molecule is CC[C@@H](C)CC(=O)NC[C@@H]1CCC2(CCN(Cc3cccnc3)CC2)O1. The average molecular weight is 360 g/mol. The highest BCUT2D eigenvalue weighted by Gasteiger charge is 2.42. The maximum atomic E-state index is 12.0. The van der Waals surface area contributed by atoms with E-state index in [0.717, 1.165) is 51.7 Å². The number of ether oxygens (including phenoxy) is 1. The molecule has 0 radical (unpaired) electrons. The molecule has 2 fully saturated rings. The Kier molecular flexibility index (Phi) is 6.65. The molecule has 26 heavy (non-hydrogen) atoms. The van der Waals surface area contributed by atoms with Crippen LogP contribution in [0.25, 0.3) is 0 Å². The van der Waals surface area contributed by atoms with Gasteiger partial charge in [0.1, 0.15) is 0 Å². The second-order valence-electron chi connectivity index (χ2n) is 8.12. The predicted molar refractivity (Wildman–Crippen MR) is 103 cm³/mol. The van der Waals surface area contributed by atoms with Gasteiger partial charge in [-0.15, -0.1) is 0 Å². The Balaban J connectivity index is 1.39. The molecule has 3 rings (SSSR count). The molecular formula is C21H33N3O2. The molecule has 144 valence electrons. The summed E-state index contributed by atoms with van der Waals surface area (Å²) in [6.45, 7) is 8.03. The first-order valence-corrected chi connectivity index (χ1v) is 10.1. The molecule has 1 aromatic rings. The van der Waals surface area contributed by atoms with E-state index in [4.69, 9.17) is 4.74 Å². The van der Waals surface area contributed by atoms with Gasteiger partial charge in [0.15, 0.2) is 0 Å². The summed E-state index contributed by atoms with van der Waals surface area (Å²) in [4.78, 5) is 18.7. The number of carbonyl (C=O) groups is 1. The zero-order valence-electron chi connectivity index (χ0n) is 16.2. The van der Waals surface area contributed by atoms with Gasteiger partial charge in [-0.1, -0.05) is 26.3 Å². The van der Waals surface area contributed by atoms with E-state index in [1.807, 2.05) is 18.5 Å². The summed E-state index contributed by atoms with van der Waals surface area (Å²) in [5.41, 5.74) is 1.31. The molecule has 1 spiro atoms. The number of hydrogen-bond acceptors (Lipinski definition) is 4. The van der Waals surface area contributed by atoms with Gasteiger partial charge < -0.3 is 10.1 Å². The van der Waals surface area contributed by atoms with Crippen LogP contribution < -0.4 is 5.32 Å². The first-order valence-electron chi connectivity index (χ1n) is 10.1. The number of hydrogen-bond donors (Lipinski definition) is 1. The second kappa shape index (κ2) is 8.96. The van der Waals surface area contributed by atoms with Crippen molar-refractivity contribution < 1.29 is 9.53 Å². The van der Waals surface area contributed by atoms with Crippen LogP contribution in [0.4, 0.5) is 0 Å². The monoisotopic (exact) mass is 359 g/mol. The molecule has 0 bridgehead atoms. The Hall–Kier alpha value is -1.46. The van der Waals surface area contributed by atoms with Crippen molar-refractivity contribution in [3.05, 3.63) is 30.1 Å². The van der Waals surface area contributed by atoms with E-state index in [0.29, 0.717) is 18.9 Å². The van der Waals surface area contributed by atoms with Crippen molar-refractivity contribution >= 4 is 5.91 Å². The van der Waals surface area contributed by atoms with Crippen molar-refractivity contribution in [2.45, 2.75) is 70.6 Å². The lowest BCUT2D eigenvalue weighted by atomic mass is 9.88.